The van der Waals surface area contributed by atoms with Crippen molar-refractivity contribution < 1.29 is 14.6 Å². The SMILES string of the molecule is CNC(C)(CCSCC1CCCO1)C(=O)O. The van der Waals surface area contributed by atoms with Gasteiger partial charge < -0.3 is 15.2 Å². The predicted octanol–water partition coefficient (Wildman–Crippen LogP) is 1.35. The van der Waals surface area contributed by atoms with Crippen molar-refractivity contribution in [3.05, 3.63) is 0 Å². The second kappa shape index (κ2) is 6.47. The quantitative estimate of drug-likeness (QED) is 0.665. The fourth-order valence-corrected chi connectivity index (χ4v) is 2.85. The molecule has 94 valence electrons. The lowest BCUT2D eigenvalue weighted by atomic mass is 10.00. The lowest BCUT2D eigenvalue weighted by Gasteiger charge is -2.23. The number of carbonyl (C=O) groups is 1. The number of carboxylic acid groups (broad SMARTS) is 1. The van der Waals surface area contributed by atoms with Gasteiger partial charge in [0.05, 0.1) is 6.10 Å². The van der Waals surface area contributed by atoms with E-state index in [1.807, 2.05) is 0 Å². The standard InChI is InChI=1S/C11H21NO3S/c1-11(12-2,10(13)14)5-7-16-8-9-4-3-6-15-9/h9,12H,3-8H2,1-2H3,(H,13,14). The summed E-state index contributed by atoms with van der Waals surface area (Å²) >= 11 is 1.78. The van der Waals surface area contributed by atoms with Gasteiger partial charge in [-0.05, 0) is 39.0 Å². The highest BCUT2D eigenvalue weighted by atomic mass is 32.2. The molecular formula is C11H21NO3S. The van der Waals surface area contributed by atoms with Crippen molar-refractivity contribution in [2.45, 2.75) is 37.8 Å². The minimum atomic E-state index is -0.802. The predicted molar refractivity (Wildman–Crippen MR) is 66.0 cm³/mol. The molecule has 1 rings (SSSR count). The highest BCUT2D eigenvalue weighted by molar-refractivity contribution is 7.99. The van der Waals surface area contributed by atoms with Gasteiger partial charge in [-0.15, -0.1) is 0 Å². The molecule has 0 bridgehead atoms. The largest absolute Gasteiger partial charge is 0.480 e. The van der Waals surface area contributed by atoms with Crippen molar-refractivity contribution in [1.82, 2.24) is 5.32 Å². The van der Waals surface area contributed by atoms with E-state index in [0.29, 0.717) is 12.5 Å². The highest BCUT2D eigenvalue weighted by Crippen LogP contribution is 2.20. The fraction of sp³-hybridized carbons (Fsp3) is 0.909. The number of rotatable bonds is 7. The van der Waals surface area contributed by atoms with Gasteiger partial charge in [-0.2, -0.15) is 11.8 Å². The Kier molecular flexibility index (Phi) is 5.58. The normalized spacial score (nSPS) is 24.2. The fourth-order valence-electron chi connectivity index (χ4n) is 1.61. The molecule has 1 heterocycles. The van der Waals surface area contributed by atoms with Crippen LogP contribution in [0.25, 0.3) is 0 Å². The van der Waals surface area contributed by atoms with Crippen LogP contribution >= 0.6 is 11.8 Å². The molecule has 4 nitrogen and oxygen atoms in total. The van der Waals surface area contributed by atoms with Crippen LogP contribution in [-0.4, -0.2) is 47.9 Å². The van der Waals surface area contributed by atoms with Gasteiger partial charge in [0.25, 0.3) is 0 Å². The van der Waals surface area contributed by atoms with Crippen LogP contribution in [0.2, 0.25) is 0 Å². The van der Waals surface area contributed by atoms with E-state index in [0.717, 1.165) is 31.0 Å². The molecule has 1 aliphatic rings. The molecule has 0 radical (unpaired) electrons. The van der Waals surface area contributed by atoms with Gasteiger partial charge in [-0.3, -0.25) is 4.79 Å². The maximum atomic E-state index is 11.0. The minimum Gasteiger partial charge on any atom is -0.480 e. The lowest BCUT2D eigenvalue weighted by Crippen LogP contribution is -2.47. The molecule has 0 saturated carbocycles. The zero-order valence-corrected chi connectivity index (χ0v) is 10.8. The smallest absolute Gasteiger partial charge is 0.323 e. The number of nitrogens with one attached hydrogen (secondary N) is 1. The van der Waals surface area contributed by atoms with Gasteiger partial charge in [0, 0.05) is 12.4 Å². The van der Waals surface area contributed by atoms with E-state index in [9.17, 15) is 4.79 Å². The Morgan fingerprint density at radius 2 is 2.44 bits per heavy atom. The summed E-state index contributed by atoms with van der Waals surface area (Å²) in [6, 6.07) is 0. The first kappa shape index (κ1) is 13.8. The van der Waals surface area contributed by atoms with Crippen molar-refractivity contribution in [3.8, 4) is 0 Å². The van der Waals surface area contributed by atoms with Crippen molar-refractivity contribution >= 4 is 17.7 Å². The van der Waals surface area contributed by atoms with Gasteiger partial charge in [0.2, 0.25) is 0 Å². The first-order chi connectivity index (χ1) is 7.58. The van der Waals surface area contributed by atoms with Crippen molar-refractivity contribution in [1.29, 1.82) is 0 Å². The third-order valence-electron chi connectivity index (χ3n) is 3.10. The highest BCUT2D eigenvalue weighted by Gasteiger charge is 2.30. The Morgan fingerprint density at radius 1 is 1.69 bits per heavy atom. The first-order valence-electron chi connectivity index (χ1n) is 5.70. The molecule has 0 aromatic carbocycles. The van der Waals surface area contributed by atoms with Crippen molar-refractivity contribution in [2.24, 2.45) is 0 Å². The maximum Gasteiger partial charge on any atom is 0.323 e. The van der Waals surface area contributed by atoms with E-state index in [1.54, 1.807) is 25.7 Å². The molecule has 5 heteroatoms. The van der Waals surface area contributed by atoms with Crippen molar-refractivity contribution in [2.75, 3.05) is 25.2 Å². The summed E-state index contributed by atoms with van der Waals surface area (Å²) in [6.07, 6.45) is 3.33. The zero-order chi connectivity index (χ0) is 12.0. The number of thioether (sulfide) groups is 1. The second-order valence-electron chi connectivity index (χ2n) is 4.35. The summed E-state index contributed by atoms with van der Waals surface area (Å²) in [7, 11) is 1.69. The molecule has 1 saturated heterocycles. The third-order valence-corrected chi connectivity index (χ3v) is 4.20. The topological polar surface area (TPSA) is 58.6 Å². The maximum absolute atomic E-state index is 11.0. The summed E-state index contributed by atoms with van der Waals surface area (Å²) in [6.45, 7) is 2.61. The summed E-state index contributed by atoms with van der Waals surface area (Å²) < 4.78 is 5.51. The Morgan fingerprint density at radius 3 is 2.94 bits per heavy atom. The molecule has 0 aliphatic carbocycles. The summed E-state index contributed by atoms with van der Waals surface area (Å²) in [5, 5.41) is 11.9. The van der Waals surface area contributed by atoms with Gasteiger partial charge in [0.1, 0.15) is 5.54 Å². The minimum absolute atomic E-state index is 0.385. The number of aliphatic carboxylic acids is 1. The summed E-state index contributed by atoms with van der Waals surface area (Å²) in [5.41, 5.74) is -0.802. The van der Waals surface area contributed by atoms with Crippen LogP contribution in [0.1, 0.15) is 26.2 Å². The average molecular weight is 247 g/mol. The Labute approximate surface area is 101 Å². The van der Waals surface area contributed by atoms with Crippen LogP contribution in [0.4, 0.5) is 0 Å². The second-order valence-corrected chi connectivity index (χ2v) is 5.50. The molecular weight excluding hydrogens is 226 g/mol. The Balaban J connectivity index is 2.15. The van der Waals surface area contributed by atoms with Crippen LogP contribution in [0, 0.1) is 0 Å². The Hall–Kier alpha value is -0.260. The van der Waals surface area contributed by atoms with E-state index in [2.05, 4.69) is 5.32 Å². The molecule has 1 fully saturated rings. The molecule has 2 N–H and O–H groups in total. The number of hydrogen-bond donors (Lipinski definition) is 2. The molecule has 2 atom stereocenters. The molecule has 0 amide bonds. The number of ether oxygens (including phenoxy) is 1. The Bertz CT molecular complexity index is 231. The lowest BCUT2D eigenvalue weighted by molar-refractivity contribution is -0.144. The van der Waals surface area contributed by atoms with Crippen LogP contribution in [0.15, 0.2) is 0 Å². The van der Waals surface area contributed by atoms with Crippen molar-refractivity contribution in [3.63, 3.8) is 0 Å². The molecule has 0 aromatic rings. The number of likely N-dealkylation sites (N-methyl/N-ethyl adjacent to an activating group) is 1. The molecule has 0 spiro atoms. The van der Waals surface area contributed by atoms with Gasteiger partial charge in [-0.25, -0.2) is 0 Å². The van der Waals surface area contributed by atoms with Gasteiger partial charge in [0.15, 0.2) is 0 Å². The number of hydrogen-bond acceptors (Lipinski definition) is 4. The van der Waals surface area contributed by atoms with E-state index in [1.165, 1.54) is 0 Å². The molecule has 1 aliphatic heterocycles. The monoisotopic (exact) mass is 247 g/mol. The number of carboxylic acids is 1. The molecule has 0 aromatic heterocycles. The van der Waals surface area contributed by atoms with Crippen LogP contribution in [0.5, 0.6) is 0 Å². The van der Waals surface area contributed by atoms with E-state index < -0.39 is 11.5 Å². The van der Waals surface area contributed by atoms with E-state index in [4.69, 9.17) is 9.84 Å². The average Bonchev–Trinajstić information content (AvgIpc) is 2.76. The zero-order valence-electron chi connectivity index (χ0n) is 9.99. The summed E-state index contributed by atoms with van der Waals surface area (Å²) in [4.78, 5) is 11.0. The van der Waals surface area contributed by atoms with Gasteiger partial charge in [-0.1, -0.05) is 0 Å². The van der Waals surface area contributed by atoms with E-state index in [-0.39, 0.29) is 0 Å². The first-order valence-corrected chi connectivity index (χ1v) is 6.85. The van der Waals surface area contributed by atoms with Crippen LogP contribution in [0.3, 0.4) is 0 Å². The molecule has 2 unspecified atom stereocenters. The van der Waals surface area contributed by atoms with Gasteiger partial charge >= 0.3 is 5.97 Å². The molecule has 16 heavy (non-hydrogen) atoms. The third kappa shape index (κ3) is 3.96. The van der Waals surface area contributed by atoms with Crippen LogP contribution in [-0.2, 0) is 9.53 Å². The summed E-state index contributed by atoms with van der Waals surface area (Å²) in [5.74, 6) is 1.05. The van der Waals surface area contributed by atoms with Crippen LogP contribution < -0.4 is 5.32 Å². The van der Waals surface area contributed by atoms with E-state index >= 15 is 0 Å².